The molecular weight excluding hydrogens is 905 g/mol. The van der Waals surface area contributed by atoms with Crippen LogP contribution in [0, 0.1) is 0 Å². The Balaban J connectivity index is 0.781. The molecule has 2 aliphatic rings. The van der Waals surface area contributed by atoms with Gasteiger partial charge in [-0.1, -0.05) is 6.07 Å². The third-order valence-corrected chi connectivity index (χ3v) is 10.6. The number of rotatable bonds is 25. The van der Waals surface area contributed by atoms with Gasteiger partial charge in [0.25, 0.3) is 23.6 Å². The molecule has 69 heavy (non-hydrogen) atoms. The van der Waals surface area contributed by atoms with Crippen LogP contribution in [0.2, 0.25) is 0 Å². The van der Waals surface area contributed by atoms with Crippen molar-refractivity contribution in [2.45, 2.75) is 44.3 Å². The molecule has 1 unspecified atom stereocenters. The lowest BCUT2D eigenvalue weighted by atomic mass is 10.0. The molecule has 0 saturated carbocycles. The van der Waals surface area contributed by atoms with Gasteiger partial charge in [0, 0.05) is 44.2 Å². The molecule has 1 saturated heterocycles. The highest BCUT2D eigenvalue weighted by Gasteiger charge is 2.46. The molecule has 0 aliphatic carbocycles. The van der Waals surface area contributed by atoms with E-state index in [0.717, 1.165) is 10.6 Å². The van der Waals surface area contributed by atoms with Gasteiger partial charge in [-0.2, -0.15) is 9.97 Å². The van der Waals surface area contributed by atoms with E-state index in [2.05, 4.69) is 41.2 Å². The summed E-state index contributed by atoms with van der Waals surface area (Å²) < 4.78 is 26.8. The van der Waals surface area contributed by atoms with Crippen LogP contribution in [0.4, 0.5) is 17.5 Å². The van der Waals surface area contributed by atoms with E-state index in [4.69, 9.17) is 35.2 Å². The van der Waals surface area contributed by atoms with Crippen LogP contribution in [0.5, 0.6) is 5.75 Å². The second-order valence-electron chi connectivity index (χ2n) is 15.4. The number of hydrogen-bond donors (Lipinski definition) is 6. The second kappa shape index (κ2) is 24.2. The minimum absolute atomic E-state index is 0.00278. The Morgan fingerprint density at radius 3 is 2.23 bits per heavy atom. The average Bonchev–Trinajstić information content (AvgIpc) is 3.59. The first kappa shape index (κ1) is 50.5. The zero-order valence-electron chi connectivity index (χ0n) is 37.8. The Morgan fingerprint density at radius 1 is 0.870 bits per heavy atom. The number of aromatic nitrogens is 4. The number of nitrogen functional groups attached to an aromatic ring is 2. The van der Waals surface area contributed by atoms with Gasteiger partial charge >= 0.3 is 5.97 Å². The van der Waals surface area contributed by atoms with Crippen molar-refractivity contribution < 1.29 is 62.0 Å². The number of esters is 1. The molecular formula is C44H52N12O13. The van der Waals surface area contributed by atoms with E-state index in [1.54, 1.807) is 30.5 Å². The number of benzene rings is 2. The lowest BCUT2D eigenvalue weighted by molar-refractivity contribution is -0.143. The fourth-order valence-corrected chi connectivity index (χ4v) is 7.12. The van der Waals surface area contributed by atoms with E-state index in [-0.39, 0.29) is 124 Å². The number of nitrogens with two attached hydrogens (primary N) is 2. The van der Waals surface area contributed by atoms with Crippen molar-refractivity contribution in [3.8, 4) is 5.75 Å². The first-order valence-electron chi connectivity index (χ1n) is 21.7. The van der Waals surface area contributed by atoms with Gasteiger partial charge in [-0.05, 0) is 49.2 Å². The number of carbonyl (C=O) groups excluding carboxylic acids is 8. The predicted molar refractivity (Wildman–Crippen MR) is 242 cm³/mol. The Labute approximate surface area is 394 Å². The van der Waals surface area contributed by atoms with Crippen molar-refractivity contribution in [3.05, 3.63) is 71.0 Å². The van der Waals surface area contributed by atoms with Gasteiger partial charge in [-0.3, -0.25) is 43.8 Å². The quantitative estimate of drug-likeness (QED) is 0.0264. The summed E-state index contributed by atoms with van der Waals surface area (Å²) in [5.41, 5.74) is 13.8. The van der Waals surface area contributed by atoms with Gasteiger partial charge in [0.1, 0.15) is 17.8 Å². The summed E-state index contributed by atoms with van der Waals surface area (Å²) in [5.74, 6) is -4.58. The molecule has 0 spiro atoms. The van der Waals surface area contributed by atoms with Gasteiger partial charge in [0.2, 0.25) is 23.7 Å². The van der Waals surface area contributed by atoms with Crippen LogP contribution in [0.3, 0.4) is 0 Å². The standard InChI is InChI=1S/C44H52N12O13/c1-55(23-26-22-49-38-36(50-26)37(45)53-44(46)54-38)27-8-6-25(7-9-27)39(60)51-29(43(64)65-2)10-12-32(57)47-14-16-66-18-20-68-21-19-67-17-15-48-34(59)24-69-31-5-3-4-28-35(31)42(63)56(41(28)62)30-11-13-33(58)52-40(30)61/h3-9,22,29-30H,10-21,23-24H2,1-2H3,(H,47,57)(H,48,59)(H,51,60)(H,52,58,61)(H4,45,46,49,53,54)/t29-,30?/m0/s1. The Hall–Kier alpha value is -7.90. The van der Waals surface area contributed by atoms with E-state index in [1.807, 2.05) is 11.9 Å². The molecule has 1 fully saturated rings. The summed E-state index contributed by atoms with van der Waals surface area (Å²) >= 11 is 0. The van der Waals surface area contributed by atoms with E-state index in [9.17, 15) is 38.4 Å². The summed E-state index contributed by atoms with van der Waals surface area (Å²) in [5, 5.41) is 10.1. The number of nitrogens with zero attached hydrogens (tertiary/aromatic N) is 6. The molecule has 8 N–H and O–H groups in total. The van der Waals surface area contributed by atoms with Crippen LogP contribution < -0.4 is 42.4 Å². The van der Waals surface area contributed by atoms with Crippen molar-refractivity contribution in [2.75, 3.05) is 89.9 Å². The lowest BCUT2D eigenvalue weighted by Crippen LogP contribution is -2.54. The zero-order chi connectivity index (χ0) is 49.5. The van der Waals surface area contributed by atoms with Crippen LogP contribution >= 0.6 is 0 Å². The van der Waals surface area contributed by atoms with E-state index < -0.39 is 60.1 Å². The van der Waals surface area contributed by atoms with E-state index in [1.165, 1.54) is 25.3 Å². The topological polar surface area (TPSA) is 341 Å². The van der Waals surface area contributed by atoms with Crippen LogP contribution in [-0.2, 0) is 49.5 Å². The number of carbonyl (C=O) groups is 8. The molecule has 7 amide bonds. The van der Waals surface area contributed by atoms with E-state index in [0.29, 0.717) is 17.8 Å². The molecule has 0 radical (unpaired) electrons. The van der Waals surface area contributed by atoms with Gasteiger partial charge in [0.05, 0.1) is 76.3 Å². The number of nitrogens with one attached hydrogen (secondary N) is 4. The van der Waals surface area contributed by atoms with Gasteiger partial charge < -0.3 is 56.0 Å². The van der Waals surface area contributed by atoms with Crippen molar-refractivity contribution in [2.24, 2.45) is 0 Å². The number of piperidine rings is 1. The molecule has 0 bridgehead atoms. The third kappa shape index (κ3) is 13.6. The largest absolute Gasteiger partial charge is 0.483 e. The lowest BCUT2D eigenvalue weighted by Gasteiger charge is -2.27. The van der Waals surface area contributed by atoms with Gasteiger partial charge in [-0.25, -0.2) is 14.8 Å². The fourth-order valence-electron chi connectivity index (χ4n) is 7.12. The smallest absolute Gasteiger partial charge is 0.328 e. The minimum atomic E-state index is -1.13. The van der Waals surface area contributed by atoms with Crippen molar-refractivity contribution >= 4 is 75.9 Å². The summed E-state index contributed by atoms with van der Waals surface area (Å²) in [6, 6.07) is 8.84. The molecule has 2 atom stereocenters. The molecule has 366 valence electrons. The molecule has 25 heteroatoms. The maximum atomic E-state index is 13.2. The maximum absolute atomic E-state index is 13.2. The Bertz CT molecular complexity index is 2560. The van der Waals surface area contributed by atoms with Crippen LogP contribution in [-0.4, -0.2) is 158 Å². The van der Waals surface area contributed by atoms with Crippen molar-refractivity contribution in [3.63, 3.8) is 0 Å². The van der Waals surface area contributed by atoms with Crippen LogP contribution in [0.15, 0.2) is 48.7 Å². The normalized spacial score (nSPS) is 14.8. The first-order valence-corrected chi connectivity index (χ1v) is 21.7. The number of imide groups is 2. The molecule has 4 heterocycles. The van der Waals surface area contributed by atoms with Crippen LogP contribution in [0.1, 0.15) is 62.5 Å². The van der Waals surface area contributed by atoms with E-state index >= 15 is 0 Å². The molecule has 2 aromatic heterocycles. The fraction of sp³-hybridized carbons (Fsp3) is 0.409. The SMILES string of the molecule is COC(=O)[C@H](CCC(=O)NCCOCCOCCOCCNC(=O)COc1cccc2c1C(=O)N(C1CCC(=O)NC1=O)C2=O)NC(=O)c1ccc(N(C)Cc2cnc3nc(N)nc(N)c3n2)cc1. The summed E-state index contributed by atoms with van der Waals surface area (Å²) in [4.78, 5) is 120. The van der Waals surface area contributed by atoms with Crippen molar-refractivity contribution in [1.82, 2.24) is 46.1 Å². The number of hydrogen-bond acceptors (Lipinski definition) is 20. The Kier molecular flexibility index (Phi) is 17.7. The average molecular weight is 957 g/mol. The molecule has 2 aromatic carbocycles. The maximum Gasteiger partial charge on any atom is 0.328 e. The number of fused-ring (bicyclic) bond motifs is 2. The molecule has 6 rings (SSSR count). The number of ether oxygens (including phenoxy) is 5. The summed E-state index contributed by atoms with van der Waals surface area (Å²) in [6.45, 7) is 1.65. The summed E-state index contributed by atoms with van der Waals surface area (Å²) in [6.07, 6.45) is 1.49. The minimum Gasteiger partial charge on any atom is -0.483 e. The van der Waals surface area contributed by atoms with Crippen LogP contribution in [0.25, 0.3) is 11.2 Å². The number of amides is 7. The van der Waals surface area contributed by atoms with Gasteiger partial charge in [0.15, 0.2) is 23.6 Å². The zero-order valence-corrected chi connectivity index (χ0v) is 37.8. The predicted octanol–water partition coefficient (Wildman–Crippen LogP) is -0.965. The summed E-state index contributed by atoms with van der Waals surface area (Å²) in [7, 11) is 3.03. The second-order valence-corrected chi connectivity index (χ2v) is 15.4. The van der Waals surface area contributed by atoms with Gasteiger partial charge in [-0.15, -0.1) is 0 Å². The molecule has 4 aromatic rings. The molecule has 25 nitrogen and oxygen atoms in total. The monoisotopic (exact) mass is 956 g/mol. The molecule has 2 aliphatic heterocycles. The highest BCUT2D eigenvalue weighted by Crippen LogP contribution is 2.33. The first-order chi connectivity index (χ1) is 33.2. The Morgan fingerprint density at radius 2 is 1.55 bits per heavy atom. The highest BCUT2D eigenvalue weighted by molar-refractivity contribution is 6.24. The highest BCUT2D eigenvalue weighted by atomic mass is 16.5. The number of anilines is 3. The number of methoxy groups -OCH3 is 1. The van der Waals surface area contributed by atoms with Crippen molar-refractivity contribution in [1.29, 1.82) is 0 Å². The third-order valence-electron chi connectivity index (χ3n) is 10.6.